The summed E-state index contributed by atoms with van der Waals surface area (Å²) < 4.78 is 3.35. The Morgan fingerprint density at radius 1 is 1.13 bits per heavy atom. The van der Waals surface area contributed by atoms with Crippen LogP contribution < -0.4 is 5.73 Å². The topological polar surface area (TPSA) is 144 Å². The number of aliphatic hydroxyl groups excluding tert-OH is 1. The first-order chi connectivity index (χ1) is 14.6. The number of imidazole rings is 1. The van der Waals surface area contributed by atoms with Crippen molar-refractivity contribution >= 4 is 16.9 Å². The number of fused-ring (bicyclic) bond motifs is 1. The molecule has 0 radical (unpaired) electrons. The zero-order chi connectivity index (χ0) is 21.5. The standard InChI is InChI=1S/C17H15N9.C3H8O/c1-2-3-12-9-26(24-23-12)15-8-20-16(5-13(15)19)25-10-22-14-4-11(6-18)7-21-17(14)25;1-2-3-4/h4-5,7-10H,2-3H2,1H3,(H2,19,20);4H,2-3H2,1H3. The van der Waals surface area contributed by atoms with Gasteiger partial charge in [-0.15, -0.1) is 5.10 Å². The van der Waals surface area contributed by atoms with Gasteiger partial charge in [-0.05, 0) is 18.9 Å². The van der Waals surface area contributed by atoms with Crippen LogP contribution >= 0.6 is 0 Å². The fraction of sp³-hybridized carbons (Fsp3) is 0.300. The minimum Gasteiger partial charge on any atom is -0.397 e. The Kier molecular flexibility index (Phi) is 6.67. The van der Waals surface area contributed by atoms with Crippen molar-refractivity contribution in [2.75, 3.05) is 12.3 Å². The number of nitrogen functional groups attached to an aromatic ring is 1. The molecule has 0 aromatic carbocycles. The average molecular weight is 405 g/mol. The molecule has 0 unspecified atom stereocenters. The lowest BCUT2D eigenvalue weighted by atomic mass is 10.3. The molecule has 0 aliphatic rings. The van der Waals surface area contributed by atoms with E-state index in [0.717, 1.165) is 25.0 Å². The van der Waals surface area contributed by atoms with Crippen LogP contribution in [-0.2, 0) is 6.42 Å². The summed E-state index contributed by atoms with van der Waals surface area (Å²) in [6, 6.07) is 5.47. The molecule has 3 N–H and O–H groups in total. The van der Waals surface area contributed by atoms with Crippen LogP contribution in [0.1, 0.15) is 37.9 Å². The smallest absolute Gasteiger partial charge is 0.165 e. The van der Waals surface area contributed by atoms with Crippen molar-refractivity contribution in [3.63, 3.8) is 0 Å². The molecule has 0 spiro atoms. The number of aromatic nitrogens is 7. The van der Waals surface area contributed by atoms with Gasteiger partial charge in [-0.25, -0.2) is 19.6 Å². The van der Waals surface area contributed by atoms with Gasteiger partial charge in [0.05, 0.1) is 29.3 Å². The van der Waals surface area contributed by atoms with E-state index >= 15 is 0 Å². The molecule has 10 nitrogen and oxygen atoms in total. The summed E-state index contributed by atoms with van der Waals surface area (Å²) in [5, 5.41) is 25.1. The summed E-state index contributed by atoms with van der Waals surface area (Å²) >= 11 is 0. The predicted molar refractivity (Wildman–Crippen MR) is 112 cm³/mol. The molecule has 0 bridgehead atoms. The monoisotopic (exact) mass is 405 g/mol. The number of nitrogens with zero attached hydrogens (tertiary/aromatic N) is 8. The number of nitriles is 1. The molecular weight excluding hydrogens is 382 g/mol. The molecule has 4 aromatic heterocycles. The maximum atomic E-state index is 8.96. The molecule has 154 valence electrons. The zero-order valence-electron chi connectivity index (χ0n) is 16.9. The highest BCUT2D eigenvalue weighted by atomic mass is 16.2. The van der Waals surface area contributed by atoms with Gasteiger partial charge in [-0.1, -0.05) is 25.5 Å². The lowest BCUT2D eigenvalue weighted by molar-refractivity contribution is 0.295. The molecule has 0 saturated heterocycles. The number of hydrogen-bond donors (Lipinski definition) is 2. The molecule has 0 fully saturated rings. The third kappa shape index (κ3) is 4.42. The fourth-order valence-electron chi connectivity index (χ4n) is 2.69. The fourth-order valence-corrected chi connectivity index (χ4v) is 2.69. The van der Waals surface area contributed by atoms with Crippen molar-refractivity contribution in [3.05, 3.63) is 48.3 Å². The minimum absolute atomic E-state index is 0.319. The number of rotatable bonds is 5. The first-order valence-electron chi connectivity index (χ1n) is 9.62. The van der Waals surface area contributed by atoms with E-state index in [1.54, 1.807) is 33.9 Å². The normalized spacial score (nSPS) is 10.5. The molecule has 0 aliphatic carbocycles. The van der Waals surface area contributed by atoms with E-state index in [2.05, 4.69) is 38.3 Å². The Balaban J connectivity index is 0.000000589. The Bertz CT molecular complexity index is 1170. The van der Waals surface area contributed by atoms with Gasteiger partial charge in [-0.2, -0.15) is 5.26 Å². The molecule has 0 amide bonds. The van der Waals surface area contributed by atoms with E-state index in [1.165, 1.54) is 6.20 Å². The lowest BCUT2D eigenvalue weighted by Gasteiger charge is -2.08. The van der Waals surface area contributed by atoms with Gasteiger partial charge in [-0.3, -0.25) is 4.57 Å². The summed E-state index contributed by atoms with van der Waals surface area (Å²) in [7, 11) is 0. The largest absolute Gasteiger partial charge is 0.397 e. The third-order valence-corrected chi connectivity index (χ3v) is 4.18. The zero-order valence-corrected chi connectivity index (χ0v) is 16.9. The quantitative estimate of drug-likeness (QED) is 0.514. The molecular formula is C20H23N9O. The molecule has 30 heavy (non-hydrogen) atoms. The summed E-state index contributed by atoms with van der Waals surface area (Å²) in [4.78, 5) is 13.0. The van der Waals surface area contributed by atoms with Gasteiger partial charge in [0.25, 0.3) is 0 Å². The SMILES string of the molecule is CCCO.CCCc1cn(-c2cnc(-n3cnc4cc(C#N)cnc43)cc2N)nn1. The highest BCUT2D eigenvalue weighted by molar-refractivity contribution is 5.74. The highest BCUT2D eigenvalue weighted by Gasteiger charge is 2.12. The maximum absolute atomic E-state index is 8.96. The van der Waals surface area contributed by atoms with Crippen LogP contribution in [-0.4, -0.2) is 46.2 Å². The molecule has 0 aliphatic heterocycles. The molecule has 10 heteroatoms. The summed E-state index contributed by atoms with van der Waals surface area (Å²) in [6.07, 6.45) is 9.35. The summed E-state index contributed by atoms with van der Waals surface area (Å²) in [5.74, 6) is 0.583. The molecule has 4 rings (SSSR count). The van der Waals surface area contributed by atoms with Crippen LogP contribution in [0.15, 0.2) is 37.1 Å². The second-order valence-corrected chi connectivity index (χ2v) is 6.52. The van der Waals surface area contributed by atoms with Crippen molar-refractivity contribution in [1.82, 2.24) is 34.5 Å². The molecule has 0 saturated carbocycles. The molecule has 0 atom stereocenters. The number of hydrogen-bond acceptors (Lipinski definition) is 8. The van der Waals surface area contributed by atoms with Crippen molar-refractivity contribution in [3.8, 4) is 17.6 Å². The van der Waals surface area contributed by atoms with Gasteiger partial charge in [0.15, 0.2) is 5.65 Å². The average Bonchev–Trinajstić information content (AvgIpc) is 3.40. The van der Waals surface area contributed by atoms with Gasteiger partial charge < -0.3 is 10.8 Å². The minimum atomic E-state index is 0.319. The van der Waals surface area contributed by atoms with Crippen LogP contribution in [0.2, 0.25) is 0 Å². The number of nitrogens with two attached hydrogens (primary N) is 1. The predicted octanol–water partition coefficient (Wildman–Crippen LogP) is 2.19. The first kappa shape index (κ1) is 20.9. The second kappa shape index (κ2) is 9.58. The summed E-state index contributed by atoms with van der Waals surface area (Å²) in [5.41, 5.74) is 9.97. The number of aliphatic hydroxyl groups is 1. The lowest BCUT2D eigenvalue weighted by Crippen LogP contribution is -2.05. The van der Waals surface area contributed by atoms with E-state index in [-0.39, 0.29) is 0 Å². The van der Waals surface area contributed by atoms with Crippen LogP contribution in [0.5, 0.6) is 0 Å². The molecule has 4 heterocycles. The third-order valence-electron chi connectivity index (χ3n) is 4.18. The van der Waals surface area contributed by atoms with Crippen LogP contribution in [0.25, 0.3) is 22.7 Å². The van der Waals surface area contributed by atoms with Gasteiger partial charge in [0.2, 0.25) is 0 Å². The van der Waals surface area contributed by atoms with E-state index in [0.29, 0.717) is 40.5 Å². The van der Waals surface area contributed by atoms with Crippen LogP contribution in [0.3, 0.4) is 0 Å². The van der Waals surface area contributed by atoms with Crippen molar-refractivity contribution in [2.24, 2.45) is 0 Å². The van der Waals surface area contributed by atoms with Crippen molar-refractivity contribution in [2.45, 2.75) is 33.1 Å². The Morgan fingerprint density at radius 3 is 2.60 bits per heavy atom. The van der Waals surface area contributed by atoms with Crippen LogP contribution in [0.4, 0.5) is 5.69 Å². The van der Waals surface area contributed by atoms with Gasteiger partial charge in [0.1, 0.15) is 29.4 Å². The Hall–Kier alpha value is -3.84. The van der Waals surface area contributed by atoms with E-state index < -0.39 is 0 Å². The second-order valence-electron chi connectivity index (χ2n) is 6.52. The van der Waals surface area contributed by atoms with Crippen LogP contribution in [0, 0.1) is 11.3 Å². The summed E-state index contributed by atoms with van der Waals surface area (Å²) in [6.45, 7) is 4.34. The highest BCUT2D eigenvalue weighted by Crippen LogP contribution is 2.21. The Morgan fingerprint density at radius 2 is 1.93 bits per heavy atom. The number of aryl methyl sites for hydroxylation is 1. The number of anilines is 1. The van der Waals surface area contributed by atoms with Crippen molar-refractivity contribution in [1.29, 1.82) is 5.26 Å². The maximum Gasteiger partial charge on any atom is 0.165 e. The Labute approximate surface area is 173 Å². The van der Waals surface area contributed by atoms with Gasteiger partial charge in [0, 0.05) is 18.9 Å². The van der Waals surface area contributed by atoms with E-state index in [9.17, 15) is 0 Å². The van der Waals surface area contributed by atoms with E-state index in [4.69, 9.17) is 16.1 Å². The van der Waals surface area contributed by atoms with Crippen molar-refractivity contribution < 1.29 is 5.11 Å². The number of pyridine rings is 2. The first-order valence-corrected chi connectivity index (χ1v) is 9.62. The van der Waals surface area contributed by atoms with E-state index in [1.807, 2.05) is 13.1 Å². The molecule has 4 aromatic rings. The van der Waals surface area contributed by atoms with Gasteiger partial charge >= 0.3 is 0 Å².